The van der Waals surface area contributed by atoms with Crippen LogP contribution in [0.25, 0.3) is 0 Å². The zero-order valence-electron chi connectivity index (χ0n) is 17.2. The molecule has 1 fully saturated rings. The van der Waals surface area contributed by atoms with Crippen LogP contribution in [-0.4, -0.2) is 36.7 Å². The molecule has 1 aliphatic heterocycles. The third-order valence-electron chi connectivity index (χ3n) is 5.53. The molecule has 2 amide bonds. The van der Waals surface area contributed by atoms with E-state index in [0.29, 0.717) is 10.6 Å². The number of hydrogen-bond acceptors (Lipinski definition) is 6. The van der Waals surface area contributed by atoms with E-state index in [1.807, 2.05) is 0 Å². The highest BCUT2D eigenvalue weighted by atomic mass is 35.5. The average Bonchev–Trinajstić information content (AvgIpc) is 2.78. The molecule has 31 heavy (non-hydrogen) atoms. The SMILES string of the molecule is COC(=O)C1C(=O)NC(SCC(=O)NC2CCCCC2)=C(C#N)C1c1ccc(Cl)cc1. The molecular weight excluding hydrogens is 438 g/mol. The summed E-state index contributed by atoms with van der Waals surface area (Å²) in [5.74, 6) is -3.42. The van der Waals surface area contributed by atoms with Crippen LogP contribution in [0.4, 0.5) is 0 Å². The van der Waals surface area contributed by atoms with Gasteiger partial charge in [0.1, 0.15) is 5.92 Å². The van der Waals surface area contributed by atoms with E-state index in [9.17, 15) is 19.6 Å². The van der Waals surface area contributed by atoms with Gasteiger partial charge in [0.15, 0.2) is 0 Å². The third kappa shape index (κ3) is 5.60. The fourth-order valence-corrected chi connectivity index (χ4v) is 4.99. The zero-order valence-corrected chi connectivity index (χ0v) is 18.7. The number of rotatable bonds is 6. The van der Waals surface area contributed by atoms with Gasteiger partial charge in [0, 0.05) is 17.0 Å². The lowest BCUT2D eigenvalue weighted by Gasteiger charge is -2.31. The monoisotopic (exact) mass is 461 g/mol. The van der Waals surface area contributed by atoms with Crippen LogP contribution in [0, 0.1) is 17.2 Å². The number of hydrogen-bond donors (Lipinski definition) is 2. The fraction of sp³-hybridized carbons (Fsp3) is 0.455. The first-order valence-electron chi connectivity index (χ1n) is 10.1. The maximum atomic E-state index is 12.8. The minimum atomic E-state index is -1.21. The van der Waals surface area contributed by atoms with E-state index in [1.165, 1.54) is 13.5 Å². The second-order valence-electron chi connectivity index (χ2n) is 7.57. The van der Waals surface area contributed by atoms with Crippen LogP contribution >= 0.6 is 23.4 Å². The summed E-state index contributed by atoms with van der Waals surface area (Å²) in [5, 5.41) is 16.3. The lowest BCUT2D eigenvalue weighted by molar-refractivity contribution is -0.150. The summed E-state index contributed by atoms with van der Waals surface area (Å²) in [6.45, 7) is 0. The molecule has 1 aromatic rings. The molecular formula is C22H24ClN3O4S. The number of nitrogens with one attached hydrogen (secondary N) is 2. The summed E-state index contributed by atoms with van der Waals surface area (Å²) < 4.78 is 4.82. The lowest BCUT2D eigenvalue weighted by Crippen LogP contribution is -2.44. The van der Waals surface area contributed by atoms with Crippen molar-refractivity contribution < 1.29 is 19.1 Å². The molecule has 164 valence electrons. The molecule has 1 aromatic carbocycles. The predicted molar refractivity (Wildman–Crippen MR) is 118 cm³/mol. The van der Waals surface area contributed by atoms with Gasteiger partial charge < -0.3 is 15.4 Å². The van der Waals surface area contributed by atoms with E-state index in [1.54, 1.807) is 24.3 Å². The van der Waals surface area contributed by atoms with Crippen molar-refractivity contribution in [3.05, 3.63) is 45.5 Å². The van der Waals surface area contributed by atoms with Crippen LogP contribution in [0.5, 0.6) is 0 Å². The molecule has 1 aliphatic carbocycles. The number of halogens is 1. The molecule has 0 radical (unpaired) electrons. The second kappa shape index (κ2) is 10.7. The van der Waals surface area contributed by atoms with Gasteiger partial charge in [-0.05, 0) is 30.5 Å². The fourth-order valence-electron chi connectivity index (χ4n) is 4.00. The molecule has 2 atom stereocenters. The topological polar surface area (TPSA) is 108 Å². The average molecular weight is 462 g/mol. The Morgan fingerprint density at radius 3 is 2.55 bits per heavy atom. The van der Waals surface area contributed by atoms with Crippen molar-refractivity contribution in [2.75, 3.05) is 12.9 Å². The lowest BCUT2D eigenvalue weighted by atomic mass is 9.78. The minimum Gasteiger partial charge on any atom is -0.468 e. The summed E-state index contributed by atoms with van der Waals surface area (Å²) in [6, 6.07) is 8.93. The Morgan fingerprint density at radius 2 is 1.94 bits per heavy atom. The van der Waals surface area contributed by atoms with Crippen LogP contribution in [0.2, 0.25) is 5.02 Å². The normalized spacial score (nSPS) is 21.8. The largest absolute Gasteiger partial charge is 0.468 e. The van der Waals surface area contributed by atoms with E-state index >= 15 is 0 Å². The number of ether oxygens (including phenoxy) is 1. The van der Waals surface area contributed by atoms with Crippen LogP contribution in [0.1, 0.15) is 43.6 Å². The number of esters is 1. The highest BCUT2D eigenvalue weighted by Gasteiger charge is 2.44. The van der Waals surface area contributed by atoms with Crippen LogP contribution in [0.15, 0.2) is 34.9 Å². The highest BCUT2D eigenvalue weighted by Crippen LogP contribution is 2.40. The van der Waals surface area contributed by atoms with Crippen molar-refractivity contribution in [2.45, 2.75) is 44.1 Å². The minimum absolute atomic E-state index is 0.0630. The van der Waals surface area contributed by atoms with E-state index < -0.39 is 23.7 Å². The Labute approximate surface area is 190 Å². The Balaban J connectivity index is 1.84. The Bertz CT molecular complexity index is 920. The maximum absolute atomic E-state index is 12.8. The molecule has 3 rings (SSSR count). The summed E-state index contributed by atoms with van der Waals surface area (Å²) in [5.41, 5.74) is 0.809. The first-order chi connectivity index (χ1) is 14.9. The van der Waals surface area contributed by atoms with E-state index in [0.717, 1.165) is 37.4 Å². The van der Waals surface area contributed by atoms with Gasteiger partial charge in [0.05, 0.1) is 29.5 Å². The summed E-state index contributed by atoms with van der Waals surface area (Å²) in [7, 11) is 1.20. The molecule has 1 saturated carbocycles. The van der Waals surface area contributed by atoms with Gasteiger partial charge in [-0.15, -0.1) is 0 Å². The van der Waals surface area contributed by atoms with Crippen LogP contribution < -0.4 is 10.6 Å². The first-order valence-corrected chi connectivity index (χ1v) is 11.5. The molecule has 2 aliphatic rings. The van der Waals surface area contributed by atoms with Gasteiger partial charge in [-0.1, -0.05) is 54.8 Å². The number of methoxy groups -OCH3 is 1. The smallest absolute Gasteiger partial charge is 0.319 e. The van der Waals surface area contributed by atoms with Crippen molar-refractivity contribution in [3.8, 4) is 6.07 Å². The van der Waals surface area contributed by atoms with Crippen molar-refractivity contribution >= 4 is 41.1 Å². The van der Waals surface area contributed by atoms with E-state index in [2.05, 4.69) is 16.7 Å². The Kier molecular flexibility index (Phi) is 7.99. The number of carbonyl (C=O) groups is 3. The van der Waals surface area contributed by atoms with Gasteiger partial charge in [-0.3, -0.25) is 14.4 Å². The molecule has 0 spiro atoms. The van der Waals surface area contributed by atoms with Gasteiger partial charge in [0.2, 0.25) is 11.8 Å². The molecule has 9 heteroatoms. The number of thioether (sulfide) groups is 1. The Hall–Kier alpha value is -2.50. The number of carbonyl (C=O) groups excluding carboxylic acids is 3. The number of nitrogens with zero attached hydrogens (tertiary/aromatic N) is 1. The maximum Gasteiger partial charge on any atom is 0.319 e. The van der Waals surface area contributed by atoms with Crippen molar-refractivity contribution in [1.82, 2.24) is 10.6 Å². The van der Waals surface area contributed by atoms with Crippen molar-refractivity contribution in [1.29, 1.82) is 5.26 Å². The summed E-state index contributed by atoms with van der Waals surface area (Å²) >= 11 is 7.06. The second-order valence-corrected chi connectivity index (χ2v) is 8.99. The Morgan fingerprint density at radius 1 is 1.26 bits per heavy atom. The number of nitriles is 1. The van der Waals surface area contributed by atoms with Crippen molar-refractivity contribution in [2.24, 2.45) is 5.92 Å². The molecule has 0 saturated heterocycles. The third-order valence-corrected chi connectivity index (χ3v) is 6.80. The number of amides is 2. The number of benzene rings is 1. The van der Waals surface area contributed by atoms with Crippen LogP contribution in [-0.2, 0) is 19.1 Å². The van der Waals surface area contributed by atoms with Gasteiger partial charge in [0.25, 0.3) is 0 Å². The molecule has 1 heterocycles. The van der Waals surface area contributed by atoms with E-state index in [-0.39, 0.29) is 28.3 Å². The first kappa shape index (κ1) is 23.2. The molecule has 2 N–H and O–H groups in total. The standard InChI is InChI=1S/C22H24ClN3O4S/c1-30-22(29)19-18(13-7-9-14(23)10-8-13)16(11-24)21(26-20(19)28)31-12-17(27)25-15-5-3-2-4-6-15/h7-10,15,18-19H,2-6,12H2,1H3,(H,25,27)(H,26,28). The molecule has 0 bridgehead atoms. The zero-order chi connectivity index (χ0) is 22.4. The highest BCUT2D eigenvalue weighted by molar-refractivity contribution is 8.03. The van der Waals surface area contributed by atoms with Crippen LogP contribution in [0.3, 0.4) is 0 Å². The van der Waals surface area contributed by atoms with E-state index in [4.69, 9.17) is 16.3 Å². The van der Waals surface area contributed by atoms with Crippen molar-refractivity contribution in [3.63, 3.8) is 0 Å². The molecule has 7 nitrogen and oxygen atoms in total. The van der Waals surface area contributed by atoms with Gasteiger partial charge in [-0.25, -0.2) is 0 Å². The van der Waals surface area contributed by atoms with Gasteiger partial charge in [-0.2, -0.15) is 5.26 Å². The predicted octanol–water partition coefficient (Wildman–Crippen LogP) is 3.26. The van der Waals surface area contributed by atoms with Gasteiger partial charge >= 0.3 is 5.97 Å². The quantitative estimate of drug-likeness (QED) is 0.497. The molecule has 0 aromatic heterocycles. The summed E-state index contributed by atoms with van der Waals surface area (Å²) in [6.07, 6.45) is 5.35. The summed E-state index contributed by atoms with van der Waals surface area (Å²) in [4.78, 5) is 37.6. The number of allylic oxidation sites excluding steroid dienone is 1. The molecule has 2 unspecified atom stereocenters.